The third-order valence-corrected chi connectivity index (χ3v) is 4.81. The summed E-state index contributed by atoms with van der Waals surface area (Å²) in [5.74, 6) is 2.02. The van der Waals surface area contributed by atoms with Crippen LogP contribution in [-0.4, -0.2) is 24.5 Å². The molecule has 1 amide bonds. The van der Waals surface area contributed by atoms with E-state index in [4.69, 9.17) is 0 Å². The van der Waals surface area contributed by atoms with Gasteiger partial charge in [-0.15, -0.1) is 0 Å². The Bertz CT molecular complexity index is 279. The molecule has 0 aromatic heterocycles. The quantitative estimate of drug-likeness (QED) is 0.772. The van der Waals surface area contributed by atoms with Gasteiger partial charge in [0.15, 0.2) is 0 Å². The molecule has 17 heavy (non-hydrogen) atoms. The molecule has 0 aromatic carbocycles. The summed E-state index contributed by atoms with van der Waals surface area (Å²) in [6.45, 7) is 7.73. The second kappa shape index (κ2) is 5.38. The topological polar surface area (TPSA) is 41.1 Å². The lowest BCUT2D eigenvalue weighted by molar-refractivity contribution is -0.126. The van der Waals surface area contributed by atoms with Crippen LogP contribution in [0.1, 0.15) is 46.5 Å². The van der Waals surface area contributed by atoms with Crippen molar-refractivity contribution in [3.05, 3.63) is 0 Å². The fourth-order valence-electron chi connectivity index (χ4n) is 3.20. The average Bonchev–Trinajstić information content (AvgIpc) is 2.70. The molecule has 2 rings (SSSR count). The molecule has 3 nitrogen and oxygen atoms in total. The first-order valence-corrected chi connectivity index (χ1v) is 7.11. The Morgan fingerprint density at radius 3 is 2.47 bits per heavy atom. The molecule has 3 heteroatoms. The standard InChI is InChI=1S/C14H26N2O/c1-9-4-5-12(8-10(9)2)16-14(17)13-6-7-15-11(13)3/h9-13,15H,4-8H2,1-3H3,(H,16,17). The molecule has 0 bridgehead atoms. The molecular weight excluding hydrogens is 212 g/mol. The number of rotatable bonds is 2. The van der Waals surface area contributed by atoms with Crippen LogP contribution in [0, 0.1) is 17.8 Å². The summed E-state index contributed by atoms with van der Waals surface area (Å²) in [5.41, 5.74) is 0. The Morgan fingerprint density at radius 2 is 1.88 bits per heavy atom. The molecule has 5 unspecified atom stereocenters. The highest BCUT2D eigenvalue weighted by Gasteiger charge is 2.32. The van der Waals surface area contributed by atoms with Crippen LogP contribution in [-0.2, 0) is 4.79 Å². The minimum absolute atomic E-state index is 0.185. The van der Waals surface area contributed by atoms with Crippen molar-refractivity contribution in [2.24, 2.45) is 17.8 Å². The first-order chi connectivity index (χ1) is 8.08. The number of hydrogen-bond acceptors (Lipinski definition) is 2. The summed E-state index contributed by atoms with van der Waals surface area (Å²) in [6.07, 6.45) is 4.56. The van der Waals surface area contributed by atoms with E-state index in [9.17, 15) is 4.79 Å². The summed E-state index contributed by atoms with van der Waals surface area (Å²) >= 11 is 0. The van der Waals surface area contributed by atoms with E-state index in [1.807, 2.05) is 0 Å². The SMILES string of the molecule is CC1CCC(NC(=O)C2CCNC2C)CC1C. The fourth-order valence-corrected chi connectivity index (χ4v) is 3.20. The molecule has 0 spiro atoms. The molecule has 2 fully saturated rings. The minimum Gasteiger partial charge on any atom is -0.353 e. The lowest BCUT2D eigenvalue weighted by atomic mass is 9.79. The van der Waals surface area contributed by atoms with Crippen LogP contribution in [0.5, 0.6) is 0 Å². The van der Waals surface area contributed by atoms with E-state index in [-0.39, 0.29) is 11.8 Å². The zero-order valence-corrected chi connectivity index (χ0v) is 11.3. The fraction of sp³-hybridized carbons (Fsp3) is 0.929. The Labute approximate surface area is 105 Å². The van der Waals surface area contributed by atoms with Crippen LogP contribution >= 0.6 is 0 Å². The van der Waals surface area contributed by atoms with Gasteiger partial charge in [-0.3, -0.25) is 4.79 Å². The molecule has 1 saturated carbocycles. The second-order valence-electron chi connectivity index (χ2n) is 6.11. The van der Waals surface area contributed by atoms with Crippen LogP contribution < -0.4 is 10.6 Å². The molecule has 0 aromatic rings. The van der Waals surface area contributed by atoms with E-state index in [0.717, 1.165) is 37.6 Å². The molecule has 98 valence electrons. The molecule has 1 aliphatic carbocycles. The van der Waals surface area contributed by atoms with Crippen LogP contribution in [0.3, 0.4) is 0 Å². The van der Waals surface area contributed by atoms with Crippen LogP contribution in [0.2, 0.25) is 0 Å². The number of nitrogens with one attached hydrogen (secondary N) is 2. The van der Waals surface area contributed by atoms with Crippen LogP contribution in [0.15, 0.2) is 0 Å². The van der Waals surface area contributed by atoms with Crippen molar-refractivity contribution in [3.8, 4) is 0 Å². The Kier molecular flexibility index (Phi) is 4.08. The molecule has 1 aliphatic heterocycles. The maximum atomic E-state index is 12.2. The molecule has 0 radical (unpaired) electrons. The van der Waals surface area contributed by atoms with Crippen molar-refractivity contribution in [3.63, 3.8) is 0 Å². The van der Waals surface area contributed by atoms with E-state index in [0.29, 0.717) is 12.1 Å². The van der Waals surface area contributed by atoms with Gasteiger partial charge in [-0.1, -0.05) is 13.8 Å². The van der Waals surface area contributed by atoms with E-state index in [2.05, 4.69) is 31.4 Å². The first-order valence-electron chi connectivity index (χ1n) is 7.11. The average molecular weight is 238 g/mol. The maximum Gasteiger partial charge on any atom is 0.224 e. The minimum atomic E-state index is 0.185. The first kappa shape index (κ1) is 12.9. The van der Waals surface area contributed by atoms with Crippen molar-refractivity contribution in [2.45, 2.75) is 58.5 Å². The number of carbonyl (C=O) groups is 1. The largest absolute Gasteiger partial charge is 0.353 e. The summed E-state index contributed by atoms with van der Waals surface area (Å²) < 4.78 is 0. The third-order valence-electron chi connectivity index (χ3n) is 4.81. The molecule has 1 heterocycles. The zero-order chi connectivity index (χ0) is 12.4. The van der Waals surface area contributed by atoms with Gasteiger partial charge in [0, 0.05) is 12.1 Å². The van der Waals surface area contributed by atoms with Gasteiger partial charge in [0.05, 0.1) is 5.92 Å². The molecule has 2 N–H and O–H groups in total. The molecular formula is C14H26N2O. The van der Waals surface area contributed by atoms with Gasteiger partial charge >= 0.3 is 0 Å². The molecule has 2 aliphatic rings. The number of carbonyl (C=O) groups excluding carboxylic acids is 1. The Morgan fingerprint density at radius 1 is 1.12 bits per heavy atom. The monoisotopic (exact) mass is 238 g/mol. The summed E-state index contributed by atoms with van der Waals surface area (Å²) in [4.78, 5) is 12.2. The van der Waals surface area contributed by atoms with Gasteiger partial charge in [0.25, 0.3) is 0 Å². The maximum absolute atomic E-state index is 12.2. The van der Waals surface area contributed by atoms with Crippen molar-refractivity contribution in [1.29, 1.82) is 0 Å². The highest BCUT2D eigenvalue weighted by atomic mass is 16.2. The third kappa shape index (κ3) is 3.01. The lowest BCUT2D eigenvalue weighted by Crippen LogP contribution is -2.44. The summed E-state index contributed by atoms with van der Waals surface area (Å²) in [5, 5.41) is 6.61. The lowest BCUT2D eigenvalue weighted by Gasteiger charge is -2.33. The van der Waals surface area contributed by atoms with E-state index in [1.165, 1.54) is 6.42 Å². The van der Waals surface area contributed by atoms with Gasteiger partial charge in [0.2, 0.25) is 5.91 Å². The van der Waals surface area contributed by atoms with Crippen molar-refractivity contribution >= 4 is 5.91 Å². The van der Waals surface area contributed by atoms with E-state index in [1.54, 1.807) is 0 Å². The molecule has 5 atom stereocenters. The Balaban J connectivity index is 1.82. The smallest absolute Gasteiger partial charge is 0.224 e. The normalized spacial score (nSPS) is 42.4. The van der Waals surface area contributed by atoms with Crippen LogP contribution in [0.25, 0.3) is 0 Å². The van der Waals surface area contributed by atoms with Crippen molar-refractivity contribution in [1.82, 2.24) is 10.6 Å². The van der Waals surface area contributed by atoms with Crippen molar-refractivity contribution < 1.29 is 4.79 Å². The molecule has 1 saturated heterocycles. The zero-order valence-electron chi connectivity index (χ0n) is 11.3. The second-order valence-corrected chi connectivity index (χ2v) is 6.11. The van der Waals surface area contributed by atoms with Gasteiger partial charge in [-0.05, 0) is 51.0 Å². The predicted molar refractivity (Wildman–Crippen MR) is 69.7 cm³/mol. The number of amides is 1. The van der Waals surface area contributed by atoms with E-state index >= 15 is 0 Å². The Hall–Kier alpha value is -0.570. The predicted octanol–water partition coefficient (Wildman–Crippen LogP) is 1.93. The number of hydrogen-bond donors (Lipinski definition) is 2. The van der Waals surface area contributed by atoms with Crippen molar-refractivity contribution in [2.75, 3.05) is 6.54 Å². The highest BCUT2D eigenvalue weighted by molar-refractivity contribution is 5.80. The van der Waals surface area contributed by atoms with Crippen LogP contribution in [0.4, 0.5) is 0 Å². The van der Waals surface area contributed by atoms with E-state index < -0.39 is 0 Å². The van der Waals surface area contributed by atoms with Gasteiger partial charge in [0.1, 0.15) is 0 Å². The summed E-state index contributed by atoms with van der Waals surface area (Å²) in [6, 6.07) is 0.761. The van der Waals surface area contributed by atoms with Gasteiger partial charge in [-0.2, -0.15) is 0 Å². The highest BCUT2D eigenvalue weighted by Crippen LogP contribution is 2.29. The van der Waals surface area contributed by atoms with Gasteiger partial charge < -0.3 is 10.6 Å². The summed E-state index contributed by atoms with van der Waals surface area (Å²) in [7, 11) is 0. The van der Waals surface area contributed by atoms with Gasteiger partial charge in [-0.25, -0.2) is 0 Å².